The highest BCUT2D eigenvalue weighted by molar-refractivity contribution is 5.84. The Bertz CT molecular complexity index is 844. The smallest absolute Gasteiger partial charge is 0.317 e. The fourth-order valence-corrected chi connectivity index (χ4v) is 4.07. The van der Waals surface area contributed by atoms with Gasteiger partial charge in [0.1, 0.15) is 17.6 Å². The highest BCUT2D eigenvalue weighted by Gasteiger charge is 2.56. The summed E-state index contributed by atoms with van der Waals surface area (Å²) in [5, 5.41) is 44.3. The molecule has 0 aromatic heterocycles. The molecule has 2 heterocycles. The third-order valence-corrected chi connectivity index (χ3v) is 6.47. The van der Waals surface area contributed by atoms with Gasteiger partial charge in [0.15, 0.2) is 0 Å². The number of allylic oxidation sites excluding steroid dienone is 4. The van der Waals surface area contributed by atoms with Gasteiger partial charge in [0.2, 0.25) is 5.91 Å². The highest BCUT2D eigenvalue weighted by Crippen LogP contribution is 2.41. The molecule has 1 aliphatic carbocycles. The van der Waals surface area contributed by atoms with Crippen molar-refractivity contribution in [1.82, 2.24) is 5.32 Å². The van der Waals surface area contributed by atoms with Crippen LogP contribution in [0.15, 0.2) is 47.6 Å². The molecule has 0 aromatic carbocycles. The van der Waals surface area contributed by atoms with E-state index in [1.165, 1.54) is 13.8 Å². The number of aliphatic hydroxyl groups is 4. The fourth-order valence-electron chi connectivity index (χ4n) is 4.07. The van der Waals surface area contributed by atoms with Gasteiger partial charge in [0, 0.05) is 12.3 Å². The Morgan fingerprint density at radius 1 is 1.15 bits per heavy atom. The van der Waals surface area contributed by atoms with Crippen LogP contribution in [0, 0.1) is 11.3 Å². The van der Waals surface area contributed by atoms with Crippen molar-refractivity contribution in [2.75, 3.05) is 0 Å². The Balaban J connectivity index is 2.55. The van der Waals surface area contributed by atoms with Gasteiger partial charge in [0.05, 0.1) is 24.4 Å². The van der Waals surface area contributed by atoms with Crippen LogP contribution in [0.2, 0.25) is 0 Å². The van der Waals surface area contributed by atoms with Crippen LogP contribution in [0.25, 0.3) is 0 Å². The third kappa shape index (κ3) is 6.63. The zero-order chi connectivity index (χ0) is 24.9. The fraction of sp³-hybridized carbons (Fsp3) is 0.600. The molecule has 33 heavy (non-hydrogen) atoms. The summed E-state index contributed by atoms with van der Waals surface area (Å²) in [6, 6.07) is -0.991. The molecule has 1 saturated heterocycles. The van der Waals surface area contributed by atoms with E-state index in [-0.39, 0.29) is 6.42 Å². The van der Waals surface area contributed by atoms with Gasteiger partial charge < -0.3 is 30.5 Å². The third-order valence-electron chi connectivity index (χ3n) is 6.47. The topological polar surface area (TPSA) is 136 Å². The summed E-state index contributed by atoms with van der Waals surface area (Å²) in [4.78, 5) is 25.5. The van der Waals surface area contributed by atoms with Gasteiger partial charge in [0.25, 0.3) is 0 Å². The molecule has 1 fully saturated rings. The summed E-state index contributed by atoms with van der Waals surface area (Å²) in [6.07, 6.45) is 5.62. The molecule has 2 aliphatic heterocycles. The summed E-state index contributed by atoms with van der Waals surface area (Å²) >= 11 is 0. The van der Waals surface area contributed by atoms with E-state index >= 15 is 0 Å². The number of rotatable bonds is 2. The van der Waals surface area contributed by atoms with Crippen LogP contribution in [0.5, 0.6) is 0 Å². The largest absolute Gasteiger partial charge is 0.461 e. The number of aliphatic hydroxyl groups excluding tert-OH is 4. The van der Waals surface area contributed by atoms with E-state index in [0.29, 0.717) is 12.0 Å². The lowest BCUT2D eigenvalue weighted by atomic mass is 9.68. The van der Waals surface area contributed by atoms with Crippen molar-refractivity contribution in [3.8, 4) is 0 Å². The maximum atomic E-state index is 13.2. The first-order valence-electron chi connectivity index (χ1n) is 11.3. The number of hydrogen-bond acceptors (Lipinski definition) is 7. The van der Waals surface area contributed by atoms with E-state index in [1.54, 1.807) is 44.2 Å². The summed E-state index contributed by atoms with van der Waals surface area (Å²) < 4.78 is 5.67. The van der Waals surface area contributed by atoms with Crippen molar-refractivity contribution < 1.29 is 34.8 Å². The Hall–Kier alpha value is -2.26. The minimum absolute atomic E-state index is 0.105. The van der Waals surface area contributed by atoms with Crippen LogP contribution >= 0.6 is 0 Å². The quantitative estimate of drug-likeness (QED) is 0.389. The number of esters is 1. The maximum absolute atomic E-state index is 13.2. The zero-order valence-electron chi connectivity index (χ0n) is 19.9. The van der Waals surface area contributed by atoms with Gasteiger partial charge in [-0.1, -0.05) is 54.5 Å². The second-order valence-electron chi connectivity index (χ2n) is 9.38. The van der Waals surface area contributed by atoms with Crippen molar-refractivity contribution in [3.63, 3.8) is 0 Å². The summed E-state index contributed by atoms with van der Waals surface area (Å²) in [5.74, 6) is -1.94. The molecule has 1 amide bonds. The number of carbonyl (C=O) groups excluding carboxylic acids is 2. The van der Waals surface area contributed by atoms with Crippen LogP contribution in [0.1, 0.15) is 47.5 Å². The summed E-state index contributed by atoms with van der Waals surface area (Å²) in [7, 11) is 0. The summed E-state index contributed by atoms with van der Waals surface area (Å²) in [6.45, 7) is 8.15. The Labute approximate surface area is 195 Å². The van der Waals surface area contributed by atoms with Gasteiger partial charge in [-0.05, 0) is 34.1 Å². The second kappa shape index (κ2) is 11.2. The van der Waals surface area contributed by atoms with E-state index in [9.17, 15) is 30.0 Å². The van der Waals surface area contributed by atoms with Gasteiger partial charge in [-0.15, -0.1) is 0 Å². The van der Waals surface area contributed by atoms with Crippen molar-refractivity contribution in [2.45, 2.75) is 84.0 Å². The number of hydrogen-bond donors (Lipinski definition) is 5. The average Bonchev–Trinajstić information content (AvgIpc) is 2.75. The lowest BCUT2D eigenvalue weighted by Gasteiger charge is -2.47. The molecule has 8 heteroatoms. The van der Waals surface area contributed by atoms with Crippen molar-refractivity contribution in [2.24, 2.45) is 11.3 Å². The predicted molar refractivity (Wildman–Crippen MR) is 124 cm³/mol. The lowest BCUT2D eigenvalue weighted by molar-refractivity contribution is -0.199. The van der Waals surface area contributed by atoms with Gasteiger partial charge in [-0.2, -0.15) is 0 Å². The molecule has 184 valence electrons. The zero-order valence-corrected chi connectivity index (χ0v) is 19.9. The maximum Gasteiger partial charge on any atom is 0.317 e. The van der Waals surface area contributed by atoms with E-state index in [4.69, 9.17) is 4.74 Å². The first-order chi connectivity index (χ1) is 15.4. The molecule has 0 aromatic rings. The molecule has 0 radical (unpaired) electrons. The SMILES string of the molecule is CC1=C/C(NC(=O)C(C)O)C2(C)C(=O)OC(CC(O)/C=C\C(C)=C\CC(O)\C=C\1)C(C)C2O. The van der Waals surface area contributed by atoms with Gasteiger partial charge in [-0.3, -0.25) is 9.59 Å². The molecule has 3 rings (SSSR count). The molecule has 2 bridgehead atoms. The first-order valence-corrected chi connectivity index (χ1v) is 11.3. The highest BCUT2D eigenvalue weighted by atomic mass is 16.6. The minimum atomic E-state index is -1.54. The normalized spacial score (nSPS) is 42.0. The van der Waals surface area contributed by atoms with Crippen molar-refractivity contribution in [1.29, 1.82) is 0 Å². The number of fused-ring (bicyclic) bond motifs is 10. The molecule has 8 atom stereocenters. The van der Waals surface area contributed by atoms with E-state index in [2.05, 4.69) is 5.32 Å². The lowest BCUT2D eigenvalue weighted by Crippen LogP contribution is -2.63. The number of ether oxygens (including phenoxy) is 1. The molecule has 3 aliphatic rings. The van der Waals surface area contributed by atoms with Crippen LogP contribution in [0.3, 0.4) is 0 Å². The second-order valence-corrected chi connectivity index (χ2v) is 9.38. The Morgan fingerprint density at radius 2 is 1.76 bits per heavy atom. The van der Waals surface area contributed by atoms with Crippen LogP contribution in [-0.4, -0.2) is 68.9 Å². The summed E-state index contributed by atoms with van der Waals surface area (Å²) in [5.41, 5.74) is -0.0392. The first kappa shape index (κ1) is 27.0. The van der Waals surface area contributed by atoms with Gasteiger partial charge in [-0.25, -0.2) is 0 Å². The standard InChI is InChI=1S/C25H37NO7/c1-14-6-9-18(28)10-8-15(2)12-21(26-23(31)17(4)27)25(5)22(30)16(3)20(33-24(25)32)13-19(29)11-7-14/h6-8,10-12,16-22,27-30H,9,13H2,1-5H3,(H,26,31)/b10-8+,11-7-,14-6+,15-12-. The Morgan fingerprint density at radius 3 is 2.39 bits per heavy atom. The average molecular weight is 464 g/mol. The molecule has 0 saturated carbocycles. The number of carbonyl (C=O) groups is 2. The number of nitrogens with one attached hydrogen (secondary N) is 1. The van der Waals surface area contributed by atoms with E-state index in [0.717, 1.165) is 5.57 Å². The Kier molecular flexibility index (Phi) is 9.20. The molecule has 8 nitrogen and oxygen atoms in total. The number of amides is 1. The van der Waals surface area contributed by atoms with Crippen LogP contribution < -0.4 is 5.32 Å². The van der Waals surface area contributed by atoms with Crippen molar-refractivity contribution >= 4 is 11.9 Å². The van der Waals surface area contributed by atoms with Crippen LogP contribution in [0.4, 0.5) is 0 Å². The van der Waals surface area contributed by atoms with E-state index < -0.39 is 59.8 Å². The molecule has 5 N–H and O–H groups in total. The molecule has 8 unspecified atom stereocenters. The monoisotopic (exact) mass is 463 g/mol. The molecule has 0 spiro atoms. The minimum Gasteiger partial charge on any atom is -0.461 e. The molecular formula is C25H37NO7. The van der Waals surface area contributed by atoms with Crippen molar-refractivity contribution in [3.05, 3.63) is 47.6 Å². The van der Waals surface area contributed by atoms with Crippen LogP contribution in [-0.2, 0) is 14.3 Å². The van der Waals surface area contributed by atoms with E-state index in [1.807, 2.05) is 13.0 Å². The van der Waals surface area contributed by atoms with Gasteiger partial charge >= 0.3 is 5.97 Å². The predicted octanol–water partition coefficient (Wildman–Crippen LogP) is 1.30. The molecular weight excluding hydrogens is 426 g/mol.